The molecule has 0 saturated heterocycles. The molecule has 2 rings (SSSR count). The highest BCUT2D eigenvalue weighted by Gasteiger charge is 2.46. The Balaban J connectivity index is 2.02. The summed E-state index contributed by atoms with van der Waals surface area (Å²) in [5.74, 6) is 0.992. The zero-order chi connectivity index (χ0) is 15.8. The van der Waals surface area contributed by atoms with Crippen LogP contribution in [0.1, 0.15) is 59.7 Å². The van der Waals surface area contributed by atoms with E-state index in [1.165, 1.54) is 0 Å². The first kappa shape index (κ1) is 15.9. The molecule has 1 saturated carbocycles. The third kappa shape index (κ3) is 3.61. The number of carbonyl (C=O) groups is 1. The minimum absolute atomic E-state index is 0.0134. The second kappa shape index (κ2) is 5.40. The quantitative estimate of drug-likeness (QED) is 0.900. The van der Waals surface area contributed by atoms with E-state index >= 15 is 0 Å². The van der Waals surface area contributed by atoms with Crippen molar-refractivity contribution in [1.29, 1.82) is 0 Å². The molecule has 1 N–H and O–H groups in total. The number of carbonyl (C=O) groups excluding carboxylic acids is 1. The van der Waals surface area contributed by atoms with Gasteiger partial charge in [0.05, 0.1) is 17.6 Å². The van der Waals surface area contributed by atoms with Gasteiger partial charge in [-0.3, -0.25) is 4.79 Å². The molecular weight excluding hydrogens is 270 g/mol. The van der Waals surface area contributed by atoms with Crippen molar-refractivity contribution in [3.8, 4) is 0 Å². The van der Waals surface area contributed by atoms with Crippen molar-refractivity contribution in [3.63, 3.8) is 0 Å². The zero-order valence-electron chi connectivity index (χ0n) is 13.7. The van der Waals surface area contributed by atoms with Crippen molar-refractivity contribution in [2.24, 2.45) is 5.92 Å². The summed E-state index contributed by atoms with van der Waals surface area (Å²) in [6.07, 6.45) is 0.844. The fourth-order valence-corrected chi connectivity index (χ4v) is 2.08. The molecule has 21 heavy (non-hydrogen) atoms. The van der Waals surface area contributed by atoms with Crippen LogP contribution in [0.5, 0.6) is 0 Å². The van der Waals surface area contributed by atoms with E-state index in [9.17, 15) is 4.79 Å². The molecule has 2 unspecified atom stereocenters. The first-order valence-electron chi connectivity index (χ1n) is 7.43. The van der Waals surface area contributed by atoms with E-state index in [2.05, 4.69) is 15.5 Å². The third-order valence-corrected chi connectivity index (χ3v) is 3.51. The minimum Gasteiger partial charge on any atom is -0.378 e. The van der Waals surface area contributed by atoms with E-state index in [1.807, 2.05) is 41.5 Å². The lowest BCUT2D eigenvalue weighted by Crippen LogP contribution is -2.43. The van der Waals surface area contributed by atoms with Crippen LogP contribution in [0.2, 0.25) is 0 Å². The summed E-state index contributed by atoms with van der Waals surface area (Å²) in [6.45, 7) is 12.3. The molecule has 0 spiro atoms. The summed E-state index contributed by atoms with van der Waals surface area (Å²) in [6, 6.07) is 0. The van der Waals surface area contributed by atoms with Gasteiger partial charge in [0, 0.05) is 12.0 Å². The van der Waals surface area contributed by atoms with Gasteiger partial charge in [0.2, 0.25) is 11.8 Å². The van der Waals surface area contributed by atoms with Crippen molar-refractivity contribution >= 4 is 5.91 Å². The van der Waals surface area contributed by atoms with E-state index in [0.29, 0.717) is 18.3 Å². The Morgan fingerprint density at radius 1 is 1.38 bits per heavy atom. The highest BCUT2D eigenvalue weighted by atomic mass is 16.5. The number of hydrogen-bond acceptors (Lipinski definition) is 5. The summed E-state index contributed by atoms with van der Waals surface area (Å²) < 4.78 is 10.7. The smallest absolute Gasteiger partial charge is 0.232 e. The normalized spacial score (nSPS) is 22.2. The molecule has 1 fully saturated rings. The van der Waals surface area contributed by atoms with E-state index in [0.717, 1.165) is 6.42 Å². The Morgan fingerprint density at radius 3 is 2.57 bits per heavy atom. The predicted octanol–water partition coefficient (Wildman–Crippen LogP) is 2.14. The molecule has 2 atom stereocenters. The molecule has 1 aromatic rings. The maximum Gasteiger partial charge on any atom is 0.232 e. The Labute approximate surface area is 125 Å². The second-order valence-electron chi connectivity index (χ2n) is 7.12. The van der Waals surface area contributed by atoms with Crippen molar-refractivity contribution in [3.05, 3.63) is 11.7 Å². The van der Waals surface area contributed by atoms with Crippen molar-refractivity contribution < 1.29 is 14.1 Å². The molecule has 1 heterocycles. The van der Waals surface area contributed by atoms with Crippen molar-refractivity contribution in [2.45, 2.75) is 65.0 Å². The number of amides is 1. The average Bonchev–Trinajstić information content (AvgIpc) is 2.90. The molecule has 1 aliphatic rings. The maximum atomic E-state index is 12.2. The predicted molar refractivity (Wildman–Crippen MR) is 77.7 cm³/mol. The Kier molecular flexibility index (Phi) is 4.10. The largest absolute Gasteiger partial charge is 0.378 e. The molecule has 0 bridgehead atoms. The standard InChI is InChI=1S/C15H25N3O3/c1-7-20-10-8-9(10)11(19)17-15(5,6)12-16-13(21-18-12)14(2,3)4/h9-10H,7-8H2,1-6H3,(H,17,19). The fraction of sp³-hybridized carbons (Fsp3) is 0.800. The number of aromatic nitrogens is 2. The number of ether oxygens (including phenoxy) is 1. The van der Waals surface area contributed by atoms with Crippen molar-refractivity contribution in [1.82, 2.24) is 15.5 Å². The lowest BCUT2D eigenvalue weighted by Gasteiger charge is -2.22. The van der Waals surface area contributed by atoms with E-state index < -0.39 is 5.54 Å². The summed E-state index contributed by atoms with van der Waals surface area (Å²) in [4.78, 5) is 16.6. The van der Waals surface area contributed by atoms with Crippen LogP contribution in [0.4, 0.5) is 0 Å². The molecule has 118 valence electrons. The third-order valence-electron chi connectivity index (χ3n) is 3.51. The molecule has 1 aromatic heterocycles. The van der Waals surface area contributed by atoms with E-state index in [-0.39, 0.29) is 23.3 Å². The van der Waals surface area contributed by atoms with Crippen LogP contribution in [0.15, 0.2) is 4.52 Å². The average molecular weight is 295 g/mol. The van der Waals surface area contributed by atoms with Gasteiger partial charge < -0.3 is 14.6 Å². The van der Waals surface area contributed by atoms with Crippen LogP contribution in [-0.2, 0) is 20.5 Å². The van der Waals surface area contributed by atoms with Crippen molar-refractivity contribution in [2.75, 3.05) is 6.61 Å². The fourth-order valence-electron chi connectivity index (χ4n) is 2.08. The Hall–Kier alpha value is -1.43. The molecule has 1 amide bonds. The number of nitrogens with zero attached hydrogens (tertiary/aromatic N) is 2. The Morgan fingerprint density at radius 2 is 2.05 bits per heavy atom. The van der Waals surface area contributed by atoms with Crippen LogP contribution < -0.4 is 5.32 Å². The minimum atomic E-state index is -0.663. The summed E-state index contributed by atoms with van der Waals surface area (Å²) in [5, 5.41) is 6.99. The molecular formula is C15H25N3O3. The van der Waals surface area contributed by atoms with Crippen LogP contribution in [0.25, 0.3) is 0 Å². The van der Waals surface area contributed by atoms with Gasteiger partial charge in [-0.15, -0.1) is 0 Å². The summed E-state index contributed by atoms with van der Waals surface area (Å²) in [7, 11) is 0. The van der Waals surface area contributed by atoms with Gasteiger partial charge in [0.25, 0.3) is 0 Å². The van der Waals surface area contributed by atoms with Crippen LogP contribution in [0, 0.1) is 5.92 Å². The number of hydrogen-bond donors (Lipinski definition) is 1. The first-order valence-corrected chi connectivity index (χ1v) is 7.43. The van der Waals surface area contributed by atoms with Gasteiger partial charge in [-0.2, -0.15) is 4.98 Å². The van der Waals surface area contributed by atoms with Gasteiger partial charge in [-0.05, 0) is 27.2 Å². The topological polar surface area (TPSA) is 77.2 Å². The van der Waals surface area contributed by atoms with Crippen LogP contribution in [-0.4, -0.2) is 28.8 Å². The van der Waals surface area contributed by atoms with Gasteiger partial charge in [0.1, 0.15) is 0 Å². The molecule has 0 aliphatic heterocycles. The Bertz CT molecular complexity index is 516. The van der Waals surface area contributed by atoms with Gasteiger partial charge in [-0.25, -0.2) is 0 Å². The van der Waals surface area contributed by atoms with E-state index in [1.54, 1.807) is 0 Å². The SMILES string of the molecule is CCOC1CC1C(=O)NC(C)(C)c1noc(C(C)(C)C)n1. The number of rotatable bonds is 5. The monoisotopic (exact) mass is 295 g/mol. The highest BCUT2D eigenvalue weighted by Crippen LogP contribution is 2.35. The molecule has 0 aromatic carbocycles. The highest BCUT2D eigenvalue weighted by molar-refractivity contribution is 5.82. The summed E-state index contributed by atoms with van der Waals surface area (Å²) >= 11 is 0. The zero-order valence-corrected chi connectivity index (χ0v) is 13.7. The summed E-state index contributed by atoms with van der Waals surface area (Å²) in [5.41, 5.74) is -0.870. The van der Waals surface area contributed by atoms with Gasteiger partial charge >= 0.3 is 0 Å². The number of nitrogens with one attached hydrogen (secondary N) is 1. The maximum absolute atomic E-state index is 12.2. The lowest BCUT2D eigenvalue weighted by molar-refractivity contribution is -0.125. The molecule has 0 radical (unpaired) electrons. The van der Waals surface area contributed by atoms with Crippen LogP contribution >= 0.6 is 0 Å². The first-order chi connectivity index (χ1) is 9.65. The van der Waals surface area contributed by atoms with Gasteiger partial charge in [0.15, 0.2) is 5.82 Å². The van der Waals surface area contributed by atoms with E-state index in [4.69, 9.17) is 9.26 Å². The lowest BCUT2D eigenvalue weighted by atomic mass is 9.97. The second-order valence-corrected chi connectivity index (χ2v) is 7.12. The molecule has 6 heteroatoms. The van der Waals surface area contributed by atoms with Gasteiger partial charge in [-0.1, -0.05) is 25.9 Å². The molecule has 6 nitrogen and oxygen atoms in total. The van der Waals surface area contributed by atoms with Crippen LogP contribution in [0.3, 0.4) is 0 Å². The molecule has 1 aliphatic carbocycles.